The monoisotopic (exact) mass is 476 g/mol. The number of hydrogen-bond donors (Lipinski definition) is 1. The van der Waals surface area contributed by atoms with E-state index in [-0.39, 0.29) is 37.0 Å². The third kappa shape index (κ3) is 4.19. The van der Waals surface area contributed by atoms with Crippen molar-refractivity contribution >= 4 is 17.8 Å². The van der Waals surface area contributed by atoms with E-state index < -0.39 is 41.6 Å². The molecule has 3 fully saturated rings. The molecule has 3 aliphatic rings. The number of aliphatic hydroxyl groups excluding tert-OH is 1. The van der Waals surface area contributed by atoms with E-state index in [9.17, 15) is 19.5 Å². The molecule has 8 heteroatoms. The highest BCUT2D eigenvalue weighted by atomic mass is 16.6. The smallest absolute Gasteiger partial charge is 0.312 e. The molecule has 1 spiro atoms. The average Bonchev–Trinajstić information content (AvgIpc) is 3.45. The zero-order chi connectivity index (χ0) is 25.2. The molecule has 0 radical (unpaired) electrons. The zero-order valence-corrected chi connectivity index (χ0v) is 20.9. The Morgan fingerprint density at radius 1 is 1.32 bits per heavy atom. The summed E-state index contributed by atoms with van der Waals surface area (Å²) in [5.41, 5.74) is -1.10. The Balaban J connectivity index is 2.07. The fraction of sp³-hybridized carbons (Fsp3) is 0.731. The summed E-state index contributed by atoms with van der Waals surface area (Å²) in [6.45, 7) is 15.5. The van der Waals surface area contributed by atoms with Crippen LogP contribution in [0, 0.1) is 17.8 Å². The Morgan fingerprint density at radius 3 is 2.59 bits per heavy atom. The van der Waals surface area contributed by atoms with E-state index in [1.165, 1.54) is 0 Å². The molecule has 0 aromatic rings. The van der Waals surface area contributed by atoms with Gasteiger partial charge in [0.15, 0.2) is 0 Å². The number of carbonyl (C=O) groups is 3. The summed E-state index contributed by atoms with van der Waals surface area (Å²) in [6.07, 6.45) is 5.22. The van der Waals surface area contributed by atoms with Crippen LogP contribution in [0.4, 0.5) is 0 Å². The Kier molecular flexibility index (Phi) is 8.24. The molecule has 0 aromatic carbocycles. The van der Waals surface area contributed by atoms with Crippen LogP contribution in [0.1, 0.15) is 53.4 Å². The maximum atomic E-state index is 14.1. The maximum absolute atomic E-state index is 14.1. The maximum Gasteiger partial charge on any atom is 0.312 e. The zero-order valence-electron chi connectivity index (χ0n) is 20.9. The lowest BCUT2D eigenvalue weighted by Gasteiger charge is -2.41. The number of nitrogens with zero attached hydrogens (tertiary/aromatic N) is 2. The highest BCUT2D eigenvalue weighted by Gasteiger charge is 2.75. The molecule has 3 aliphatic heterocycles. The van der Waals surface area contributed by atoms with Crippen LogP contribution in [0.3, 0.4) is 0 Å². The largest absolute Gasteiger partial charge is 0.465 e. The minimum atomic E-state index is -1.10. The van der Waals surface area contributed by atoms with Crippen LogP contribution in [-0.4, -0.2) is 82.3 Å². The van der Waals surface area contributed by atoms with Crippen molar-refractivity contribution in [2.24, 2.45) is 17.8 Å². The molecule has 8 nitrogen and oxygen atoms in total. The summed E-state index contributed by atoms with van der Waals surface area (Å²) >= 11 is 0. The fourth-order valence-electron chi connectivity index (χ4n) is 6.00. The van der Waals surface area contributed by atoms with E-state index in [4.69, 9.17) is 9.47 Å². The minimum Gasteiger partial charge on any atom is -0.465 e. The molecule has 34 heavy (non-hydrogen) atoms. The second kappa shape index (κ2) is 10.6. The number of fused-ring (bicyclic) bond motifs is 1. The van der Waals surface area contributed by atoms with Crippen LogP contribution < -0.4 is 0 Å². The van der Waals surface area contributed by atoms with E-state index >= 15 is 0 Å². The second-order valence-electron chi connectivity index (χ2n) is 10.1. The SMILES string of the molecule is C=CCCOC(=O)[C@@H]1[C@@H]2CCC3(O2)C(C(=O)N(CC=C)C(C)C)N([C@@H](CO)[C@@H](C)CC)C(=O)[C@H]13. The number of amides is 2. The number of esters is 1. The lowest BCUT2D eigenvalue weighted by Crippen LogP contribution is -2.60. The van der Waals surface area contributed by atoms with E-state index in [1.54, 1.807) is 22.0 Å². The van der Waals surface area contributed by atoms with Gasteiger partial charge in [0, 0.05) is 12.6 Å². The highest BCUT2D eigenvalue weighted by Crippen LogP contribution is 2.59. The predicted octanol–water partition coefficient (Wildman–Crippen LogP) is 2.31. The number of rotatable bonds is 12. The number of ether oxygens (including phenoxy) is 2. The second-order valence-corrected chi connectivity index (χ2v) is 10.1. The van der Waals surface area contributed by atoms with Crippen molar-refractivity contribution in [3.05, 3.63) is 25.3 Å². The predicted molar refractivity (Wildman–Crippen MR) is 128 cm³/mol. The first kappa shape index (κ1) is 26.4. The standard InChI is InChI=1S/C26H40N2O6/c1-7-10-14-33-25(32)20-19-11-12-26(34-19)21(20)23(30)28(18(15-29)17(6)9-3)22(26)24(31)27(13-8-2)16(4)5/h7-8,16-22,29H,1-2,9-15H2,3-6H3/t17-,18-,19-,20+,21-,22?,26?/m0/s1. The minimum absolute atomic E-state index is 0.0402. The molecule has 1 N–H and O–H groups in total. The fourth-order valence-corrected chi connectivity index (χ4v) is 6.00. The summed E-state index contributed by atoms with van der Waals surface area (Å²) in [6, 6.07) is -1.58. The molecule has 3 heterocycles. The Morgan fingerprint density at radius 2 is 2.03 bits per heavy atom. The molecule has 7 atom stereocenters. The number of hydrogen-bond acceptors (Lipinski definition) is 6. The van der Waals surface area contributed by atoms with Crippen molar-refractivity contribution in [2.45, 2.75) is 83.2 Å². The first-order chi connectivity index (χ1) is 16.2. The van der Waals surface area contributed by atoms with Gasteiger partial charge in [0.25, 0.3) is 0 Å². The van der Waals surface area contributed by atoms with Gasteiger partial charge in [0.1, 0.15) is 11.6 Å². The Hall–Kier alpha value is -2.19. The molecule has 0 saturated carbocycles. The third-order valence-corrected chi connectivity index (χ3v) is 7.89. The third-order valence-electron chi connectivity index (χ3n) is 7.89. The summed E-state index contributed by atoms with van der Waals surface area (Å²) < 4.78 is 11.9. The first-order valence-corrected chi connectivity index (χ1v) is 12.5. The van der Waals surface area contributed by atoms with Gasteiger partial charge in [0.2, 0.25) is 11.8 Å². The molecule has 2 bridgehead atoms. The van der Waals surface area contributed by atoms with Gasteiger partial charge in [-0.15, -0.1) is 13.2 Å². The van der Waals surface area contributed by atoms with Gasteiger partial charge in [-0.3, -0.25) is 14.4 Å². The number of likely N-dealkylation sites (tertiary alicyclic amines) is 1. The topological polar surface area (TPSA) is 96.4 Å². The molecule has 2 amide bonds. The van der Waals surface area contributed by atoms with Crippen molar-refractivity contribution < 1.29 is 29.0 Å². The molecule has 3 rings (SSSR count). The Bertz CT molecular complexity index is 813. The van der Waals surface area contributed by atoms with Crippen LogP contribution in [0.5, 0.6) is 0 Å². The molecule has 3 saturated heterocycles. The average molecular weight is 477 g/mol. The number of carbonyl (C=O) groups excluding carboxylic acids is 3. The summed E-state index contributed by atoms with van der Waals surface area (Å²) in [7, 11) is 0. The van der Waals surface area contributed by atoms with Gasteiger partial charge in [-0.25, -0.2) is 0 Å². The van der Waals surface area contributed by atoms with E-state index in [0.29, 0.717) is 25.8 Å². The lowest BCUT2D eigenvalue weighted by atomic mass is 9.70. The first-order valence-electron chi connectivity index (χ1n) is 12.5. The van der Waals surface area contributed by atoms with Gasteiger partial charge >= 0.3 is 5.97 Å². The molecule has 2 unspecified atom stereocenters. The quantitative estimate of drug-likeness (QED) is 0.264. The number of aliphatic hydroxyl groups is 1. The van der Waals surface area contributed by atoms with Crippen LogP contribution in [0.15, 0.2) is 25.3 Å². The Labute approximate surface area is 202 Å². The van der Waals surface area contributed by atoms with Crippen LogP contribution in [0.25, 0.3) is 0 Å². The van der Waals surface area contributed by atoms with E-state index in [0.717, 1.165) is 6.42 Å². The molecular formula is C26H40N2O6. The van der Waals surface area contributed by atoms with Gasteiger partial charge in [-0.2, -0.15) is 0 Å². The molecule has 0 aromatic heterocycles. The van der Waals surface area contributed by atoms with Gasteiger partial charge < -0.3 is 24.4 Å². The van der Waals surface area contributed by atoms with Gasteiger partial charge in [0.05, 0.1) is 37.2 Å². The summed E-state index contributed by atoms with van der Waals surface area (Å²) in [4.78, 5) is 44.4. The van der Waals surface area contributed by atoms with Crippen LogP contribution in [-0.2, 0) is 23.9 Å². The summed E-state index contributed by atoms with van der Waals surface area (Å²) in [5.74, 6) is -2.58. The van der Waals surface area contributed by atoms with Crippen LogP contribution in [0.2, 0.25) is 0 Å². The van der Waals surface area contributed by atoms with Crippen molar-refractivity contribution in [1.29, 1.82) is 0 Å². The highest BCUT2D eigenvalue weighted by molar-refractivity contribution is 5.98. The van der Waals surface area contributed by atoms with Crippen LogP contribution >= 0.6 is 0 Å². The van der Waals surface area contributed by atoms with Crippen molar-refractivity contribution in [2.75, 3.05) is 19.8 Å². The lowest BCUT2D eigenvalue weighted by molar-refractivity contribution is -0.157. The normalized spacial score (nSPS) is 31.4. The molecule has 0 aliphatic carbocycles. The van der Waals surface area contributed by atoms with Gasteiger partial charge in [-0.05, 0) is 39.0 Å². The van der Waals surface area contributed by atoms with Gasteiger partial charge in [-0.1, -0.05) is 32.4 Å². The van der Waals surface area contributed by atoms with Crippen molar-refractivity contribution in [3.63, 3.8) is 0 Å². The van der Waals surface area contributed by atoms with E-state index in [2.05, 4.69) is 13.2 Å². The van der Waals surface area contributed by atoms with E-state index in [1.807, 2.05) is 27.7 Å². The van der Waals surface area contributed by atoms with Crippen molar-refractivity contribution in [1.82, 2.24) is 9.80 Å². The molecular weight excluding hydrogens is 436 g/mol. The molecule has 190 valence electrons. The van der Waals surface area contributed by atoms with Crippen molar-refractivity contribution in [3.8, 4) is 0 Å². The summed E-state index contributed by atoms with van der Waals surface area (Å²) in [5, 5.41) is 10.3.